The second kappa shape index (κ2) is 11.6. The predicted molar refractivity (Wildman–Crippen MR) is 156 cm³/mol. The van der Waals surface area contributed by atoms with Gasteiger partial charge in [0.05, 0.1) is 23.4 Å². The number of imide groups is 2. The Morgan fingerprint density at radius 2 is 1.46 bits per heavy atom. The van der Waals surface area contributed by atoms with Crippen LogP contribution in [0.25, 0.3) is 0 Å². The minimum absolute atomic E-state index is 0.0185. The molecule has 3 aromatic rings. The molecular formula is C33H29F3N2O8. The van der Waals surface area contributed by atoms with E-state index >= 15 is 0 Å². The van der Waals surface area contributed by atoms with Crippen molar-refractivity contribution in [2.75, 3.05) is 11.5 Å². The van der Waals surface area contributed by atoms with Gasteiger partial charge in [-0.15, -0.1) is 13.2 Å². The average Bonchev–Trinajstić information content (AvgIpc) is 3.37. The van der Waals surface area contributed by atoms with Crippen LogP contribution in [0.4, 0.5) is 23.7 Å². The van der Waals surface area contributed by atoms with Crippen molar-refractivity contribution in [2.45, 2.75) is 57.5 Å². The van der Waals surface area contributed by atoms with Gasteiger partial charge < -0.3 is 14.2 Å². The van der Waals surface area contributed by atoms with Gasteiger partial charge in [-0.1, -0.05) is 42.5 Å². The number of anilines is 1. The minimum Gasteiger partial charge on any atom is -0.464 e. The highest BCUT2D eigenvalue weighted by Crippen LogP contribution is 2.51. The fourth-order valence-corrected chi connectivity index (χ4v) is 5.77. The van der Waals surface area contributed by atoms with Gasteiger partial charge in [-0.2, -0.15) is 0 Å². The van der Waals surface area contributed by atoms with Crippen LogP contribution in [-0.4, -0.2) is 59.3 Å². The first-order valence-corrected chi connectivity index (χ1v) is 14.3. The molecule has 0 aromatic heterocycles. The molecule has 0 aliphatic carbocycles. The van der Waals surface area contributed by atoms with Crippen molar-refractivity contribution in [1.29, 1.82) is 0 Å². The number of alkyl halides is 3. The van der Waals surface area contributed by atoms with E-state index in [2.05, 4.69) is 4.74 Å². The fraction of sp³-hybridized carbons (Fsp3) is 0.303. The lowest BCUT2D eigenvalue weighted by Crippen LogP contribution is -2.53. The van der Waals surface area contributed by atoms with Gasteiger partial charge in [-0.25, -0.2) is 14.5 Å². The quantitative estimate of drug-likeness (QED) is 0.236. The van der Waals surface area contributed by atoms with Gasteiger partial charge >= 0.3 is 18.4 Å². The summed E-state index contributed by atoms with van der Waals surface area (Å²) in [5.41, 5.74) is -3.30. The summed E-state index contributed by atoms with van der Waals surface area (Å²) in [6, 6.07) is 14.8. The Morgan fingerprint density at radius 3 is 2.00 bits per heavy atom. The third-order valence-electron chi connectivity index (χ3n) is 7.51. The Labute approximate surface area is 261 Å². The maximum Gasteiger partial charge on any atom is 0.573 e. The van der Waals surface area contributed by atoms with Crippen LogP contribution in [0, 0.1) is 0 Å². The fourth-order valence-electron chi connectivity index (χ4n) is 5.77. The third-order valence-corrected chi connectivity index (χ3v) is 7.51. The molecule has 2 aliphatic heterocycles. The van der Waals surface area contributed by atoms with Crippen LogP contribution in [0.1, 0.15) is 66.0 Å². The zero-order chi connectivity index (χ0) is 33.6. The molecule has 2 atom stereocenters. The molecule has 2 aliphatic rings. The number of halogens is 3. The Kier molecular flexibility index (Phi) is 8.14. The van der Waals surface area contributed by atoms with Crippen LogP contribution in [0.3, 0.4) is 0 Å². The molecule has 46 heavy (non-hydrogen) atoms. The molecule has 2 heterocycles. The largest absolute Gasteiger partial charge is 0.573 e. The smallest absolute Gasteiger partial charge is 0.464 e. The maximum absolute atomic E-state index is 14.7. The number of rotatable bonds is 7. The second-order valence-electron chi connectivity index (χ2n) is 11.6. The van der Waals surface area contributed by atoms with Crippen molar-refractivity contribution >= 4 is 35.5 Å². The van der Waals surface area contributed by atoms with Crippen molar-refractivity contribution in [1.82, 2.24) is 4.90 Å². The number of nitrogens with zero attached hydrogens (tertiary/aromatic N) is 2. The number of esters is 1. The molecule has 0 fully saturated rings. The Balaban J connectivity index is 1.76. The molecule has 10 nitrogen and oxygen atoms in total. The van der Waals surface area contributed by atoms with E-state index in [0.717, 1.165) is 18.2 Å². The van der Waals surface area contributed by atoms with Gasteiger partial charge in [0.2, 0.25) is 0 Å². The first-order chi connectivity index (χ1) is 21.6. The van der Waals surface area contributed by atoms with Crippen molar-refractivity contribution < 1.29 is 51.4 Å². The second-order valence-corrected chi connectivity index (χ2v) is 11.6. The van der Waals surface area contributed by atoms with E-state index in [-0.39, 0.29) is 34.5 Å². The lowest BCUT2D eigenvalue weighted by molar-refractivity contribution is -0.274. The molecule has 0 unspecified atom stereocenters. The van der Waals surface area contributed by atoms with Gasteiger partial charge in [-0.3, -0.25) is 19.3 Å². The number of amides is 4. The van der Waals surface area contributed by atoms with Crippen molar-refractivity contribution in [3.63, 3.8) is 0 Å². The highest BCUT2D eigenvalue weighted by atomic mass is 19.4. The lowest BCUT2D eigenvalue weighted by atomic mass is 9.70. The molecule has 5 rings (SSSR count). The van der Waals surface area contributed by atoms with E-state index in [9.17, 15) is 37.1 Å². The number of ether oxygens (including phenoxy) is 3. The van der Waals surface area contributed by atoms with E-state index in [1.165, 1.54) is 43.3 Å². The highest BCUT2D eigenvalue weighted by molar-refractivity contribution is 6.24. The molecule has 0 saturated carbocycles. The van der Waals surface area contributed by atoms with Crippen molar-refractivity contribution in [3.05, 3.63) is 95.1 Å². The van der Waals surface area contributed by atoms with Crippen LogP contribution >= 0.6 is 0 Å². The Bertz CT molecular complexity index is 1700. The molecule has 3 aromatic carbocycles. The zero-order valence-corrected chi connectivity index (χ0v) is 25.2. The minimum atomic E-state index is -5.11. The summed E-state index contributed by atoms with van der Waals surface area (Å²) in [7, 11) is 0. The average molecular weight is 639 g/mol. The number of fused-ring (bicyclic) bond motifs is 2. The van der Waals surface area contributed by atoms with Crippen molar-refractivity contribution in [3.8, 4) is 5.75 Å². The summed E-state index contributed by atoms with van der Waals surface area (Å²) in [4.78, 5) is 70.6. The summed E-state index contributed by atoms with van der Waals surface area (Å²) in [6.45, 7) is 6.04. The Morgan fingerprint density at radius 1 is 0.870 bits per heavy atom. The number of hydrogen-bond acceptors (Lipinski definition) is 8. The summed E-state index contributed by atoms with van der Waals surface area (Å²) in [5, 5.41) is 0. The summed E-state index contributed by atoms with van der Waals surface area (Å²) in [5.74, 6) is -4.40. The van der Waals surface area contributed by atoms with Crippen LogP contribution in [-0.2, 0) is 24.5 Å². The summed E-state index contributed by atoms with van der Waals surface area (Å²) < 4.78 is 55.1. The van der Waals surface area contributed by atoms with Gasteiger partial charge in [0.25, 0.3) is 17.7 Å². The number of benzene rings is 3. The van der Waals surface area contributed by atoms with Gasteiger partial charge in [0.1, 0.15) is 22.8 Å². The molecule has 0 saturated heterocycles. The molecular weight excluding hydrogens is 609 g/mol. The lowest BCUT2D eigenvalue weighted by Gasteiger charge is -2.35. The molecule has 13 heteroatoms. The molecule has 4 amide bonds. The number of hydrogen-bond donors (Lipinski definition) is 0. The van der Waals surface area contributed by atoms with Crippen LogP contribution in [0.2, 0.25) is 0 Å². The van der Waals surface area contributed by atoms with E-state index in [1.807, 2.05) is 0 Å². The number of carbonyl (C=O) groups excluding carboxylic acids is 5. The van der Waals surface area contributed by atoms with E-state index in [1.54, 1.807) is 39.0 Å². The summed E-state index contributed by atoms with van der Waals surface area (Å²) in [6.07, 6.45) is -6.93. The van der Waals surface area contributed by atoms with Gasteiger partial charge in [-0.05, 0) is 63.6 Å². The standard InChI is InChI=1S/C33H29F3N2O8/c1-5-44-28(41)25(37-26(39)21-13-9-10-14-22(21)27(37)40)18-32(19-11-7-6-8-12-19)23-17-20(45-33(34,35)36)15-16-24(23)38(29(32)42)30(43)46-31(2,3)4/h6-17,25H,5,18H2,1-4H3/t25-,32+/m0/s1. The van der Waals surface area contributed by atoms with E-state index in [4.69, 9.17) is 9.47 Å². The number of carbonyl (C=O) groups is 5. The van der Waals surface area contributed by atoms with Crippen LogP contribution in [0.5, 0.6) is 5.75 Å². The highest BCUT2D eigenvalue weighted by Gasteiger charge is 2.59. The van der Waals surface area contributed by atoms with E-state index < -0.39 is 65.4 Å². The van der Waals surface area contributed by atoms with Crippen molar-refractivity contribution in [2.24, 2.45) is 0 Å². The Hall–Kier alpha value is -5.20. The molecule has 0 N–H and O–H groups in total. The molecule has 0 bridgehead atoms. The molecule has 240 valence electrons. The topological polar surface area (TPSA) is 120 Å². The van der Waals surface area contributed by atoms with E-state index in [0.29, 0.717) is 9.80 Å². The van der Waals surface area contributed by atoms with Crippen LogP contribution in [0.15, 0.2) is 72.8 Å². The maximum atomic E-state index is 14.7. The molecule has 0 spiro atoms. The zero-order valence-electron chi connectivity index (χ0n) is 25.2. The first-order valence-electron chi connectivity index (χ1n) is 14.3. The summed E-state index contributed by atoms with van der Waals surface area (Å²) >= 11 is 0. The van der Waals surface area contributed by atoms with Crippen LogP contribution < -0.4 is 9.64 Å². The van der Waals surface area contributed by atoms with Gasteiger partial charge in [0.15, 0.2) is 0 Å². The monoisotopic (exact) mass is 638 g/mol. The predicted octanol–water partition coefficient (Wildman–Crippen LogP) is 5.77. The SMILES string of the molecule is CCOC(=O)[C@H](C[C@]1(c2ccccc2)C(=O)N(C(=O)OC(C)(C)C)c2ccc(OC(F)(F)F)cc21)N1C(=O)c2ccccc2C1=O. The first kappa shape index (κ1) is 32.2. The molecule has 0 radical (unpaired) electrons. The van der Waals surface area contributed by atoms with Gasteiger partial charge in [0, 0.05) is 12.0 Å². The normalized spacial score (nSPS) is 18.3. The third kappa shape index (κ3) is 5.68.